The molecule has 0 bridgehead atoms. The minimum absolute atomic E-state index is 0.209. The highest BCUT2D eigenvalue weighted by atomic mass is 16.5. The predicted octanol–water partition coefficient (Wildman–Crippen LogP) is 4.22. The van der Waals surface area contributed by atoms with Crippen LogP contribution in [0.25, 0.3) is 0 Å². The average molecular weight is 194 g/mol. The maximum atomic E-state index is 5.14. The van der Waals surface area contributed by atoms with E-state index in [9.17, 15) is 0 Å². The zero-order valence-corrected chi connectivity index (χ0v) is 9.79. The summed E-state index contributed by atoms with van der Waals surface area (Å²) in [4.78, 5) is 0. The van der Waals surface area contributed by atoms with Crippen molar-refractivity contribution in [3.63, 3.8) is 0 Å². The Balaban J connectivity index is 0. The number of benzene rings is 1. The van der Waals surface area contributed by atoms with Crippen LogP contribution in [0.4, 0.5) is 0 Å². The van der Waals surface area contributed by atoms with E-state index in [4.69, 9.17) is 4.74 Å². The topological polar surface area (TPSA) is 9.23 Å². The summed E-state index contributed by atoms with van der Waals surface area (Å²) >= 11 is 0. The lowest BCUT2D eigenvalue weighted by Crippen LogP contribution is -1.93. The van der Waals surface area contributed by atoms with Crippen LogP contribution in [-0.4, -0.2) is 7.11 Å². The average Bonchev–Trinajstić information content (AvgIpc) is 2.34. The van der Waals surface area contributed by atoms with Gasteiger partial charge >= 0.3 is 0 Å². The molecule has 0 aliphatic carbocycles. The van der Waals surface area contributed by atoms with Crippen molar-refractivity contribution in [2.24, 2.45) is 0 Å². The molecule has 1 aromatic rings. The molecular formula is C13H22O. The third-order valence-corrected chi connectivity index (χ3v) is 1.62. The summed E-state index contributed by atoms with van der Waals surface area (Å²) in [6, 6.07) is 10.2. The van der Waals surface area contributed by atoms with Gasteiger partial charge < -0.3 is 4.74 Å². The zero-order chi connectivity index (χ0) is 11.4. The van der Waals surface area contributed by atoms with Gasteiger partial charge in [-0.15, -0.1) is 13.2 Å². The summed E-state index contributed by atoms with van der Waals surface area (Å²) in [5.74, 6) is 0. The summed E-state index contributed by atoms with van der Waals surface area (Å²) in [7, 11) is 1.72. The first-order valence-electron chi connectivity index (χ1n) is 4.92. The number of ether oxygens (including phenoxy) is 1. The van der Waals surface area contributed by atoms with Crippen LogP contribution < -0.4 is 0 Å². The van der Waals surface area contributed by atoms with Crippen molar-refractivity contribution in [3.8, 4) is 0 Å². The fourth-order valence-electron chi connectivity index (χ4n) is 0.860. The molecule has 1 aromatic carbocycles. The van der Waals surface area contributed by atoms with Crippen LogP contribution in [0.5, 0.6) is 0 Å². The van der Waals surface area contributed by atoms with E-state index in [2.05, 4.69) is 25.3 Å². The Morgan fingerprint density at radius 2 is 1.50 bits per heavy atom. The van der Waals surface area contributed by atoms with E-state index in [0.717, 1.165) is 0 Å². The van der Waals surface area contributed by atoms with Crippen LogP contribution in [0, 0.1) is 0 Å². The van der Waals surface area contributed by atoms with Gasteiger partial charge in [0.2, 0.25) is 0 Å². The predicted molar refractivity (Wildman–Crippen MR) is 64.5 cm³/mol. The quantitative estimate of drug-likeness (QED) is 0.640. The molecule has 0 aromatic heterocycles. The molecule has 0 heterocycles. The highest BCUT2D eigenvalue weighted by molar-refractivity contribution is 5.16. The van der Waals surface area contributed by atoms with Crippen molar-refractivity contribution in [1.29, 1.82) is 0 Å². The van der Waals surface area contributed by atoms with Gasteiger partial charge in [0.1, 0.15) is 0 Å². The monoisotopic (exact) mass is 194 g/mol. The smallest absolute Gasteiger partial charge is 0.0793 e. The van der Waals surface area contributed by atoms with E-state index < -0.39 is 0 Å². The Bertz CT molecular complexity index is 194. The van der Waals surface area contributed by atoms with E-state index in [1.165, 1.54) is 5.56 Å². The van der Waals surface area contributed by atoms with Gasteiger partial charge in [-0.2, -0.15) is 0 Å². The van der Waals surface area contributed by atoms with Crippen LogP contribution in [0.2, 0.25) is 0 Å². The summed E-state index contributed by atoms with van der Waals surface area (Å²) in [5.41, 5.74) is 1.23. The van der Waals surface area contributed by atoms with Gasteiger partial charge in [0.15, 0.2) is 0 Å². The molecule has 0 radical (unpaired) electrons. The van der Waals surface area contributed by atoms with Crippen LogP contribution >= 0.6 is 0 Å². The number of hydrogen-bond donors (Lipinski definition) is 0. The van der Waals surface area contributed by atoms with Gasteiger partial charge in [-0.1, -0.05) is 44.2 Å². The van der Waals surface area contributed by atoms with Crippen LogP contribution in [0.3, 0.4) is 0 Å². The second kappa shape index (κ2) is 11.9. The Hall–Kier alpha value is -1.08. The van der Waals surface area contributed by atoms with Gasteiger partial charge in [0.25, 0.3) is 0 Å². The molecule has 0 saturated carbocycles. The summed E-state index contributed by atoms with van der Waals surface area (Å²) < 4.78 is 5.14. The third kappa shape index (κ3) is 6.44. The number of methoxy groups -OCH3 is 1. The molecule has 0 saturated heterocycles. The molecular weight excluding hydrogens is 172 g/mol. The second-order valence-corrected chi connectivity index (χ2v) is 2.29. The molecule has 1 nitrogen and oxygen atoms in total. The standard InChI is InChI=1S/C9H12O.C2H6.C2H4/c1-8(10-2)9-6-4-3-5-7-9;2*1-2/h3-8H,1-2H3;1-2H3;1-2H2. The summed E-state index contributed by atoms with van der Waals surface area (Å²) in [6.07, 6.45) is 0.209. The molecule has 0 amide bonds. The van der Waals surface area contributed by atoms with Gasteiger partial charge in [0, 0.05) is 7.11 Å². The Morgan fingerprint density at radius 1 is 1.07 bits per heavy atom. The van der Waals surface area contributed by atoms with Gasteiger partial charge in [0.05, 0.1) is 6.10 Å². The van der Waals surface area contributed by atoms with Crippen LogP contribution in [0.15, 0.2) is 43.5 Å². The van der Waals surface area contributed by atoms with Crippen molar-refractivity contribution in [2.45, 2.75) is 26.9 Å². The maximum absolute atomic E-state index is 5.14. The molecule has 1 heteroatoms. The highest BCUT2D eigenvalue weighted by Crippen LogP contribution is 2.13. The first kappa shape index (κ1) is 15.4. The second-order valence-electron chi connectivity index (χ2n) is 2.29. The van der Waals surface area contributed by atoms with Crippen molar-refractivity contribution in [2.75, 3.05) is 7.11 Å². The molecule has 80 valence electrons. The van der Waals surface area contributed by atoms with Gasteiger partial charge in [-0.3, -0.25) is 0 Å². The third-order valence-electron chi connectivity index (χ3n) is 1.62. The van der Waals surface area contributed by atoms with E-state index in [-0.39, 0.29) is 6.10 Å². The van der Waals surface area contributed by atoms with Crippen molar-refractivity contribution < 1.29 is 4.74 Å². The summed E-state index contributed by atoms with van der Waals surface area (Å²) in [5, 5.41) is 0. The molecule has 1 rings (SSSR count). The zero-order valence-electron chi connectivity index (χ0n) is 9.79. The van der Waals surface area contributed by atoms with E-state index in [1.807, 2.05) is 39.0 Å². The fourth-order valence-corrected chi connectivity index (χ4v) is 0.860. The highest BCUT2D eigenvalue weighted by Gasteiger charge is 1.99. The molecule has 0 aliphatic heterocycles. The van der Waals surface area contributed by atoms with Gasteiger partial charge in [-0.05, 0) is 12.5 Å². The lowest BCUT2D eigenvalue weighted by Gasteiger charge is -2.07. The maximum Gasteiger partial charge on any atom is 0.0793 e. The molecule has 0 fully saturated rings. The van der Waals surface area contributed by atoms with Crippen molar-refractivity contribution in [3.05, 3.63) is 49.1 Å². The Labute approximate surface area is 88.4 Å². The molecule has 14 heavy (non-hydrogen) atoms. The number of hydrogen-bond acceptors (Lipinski definition) is 1. The lowest BCUT2D eigenvalue weighted by molar-refractivity contribution is 0.119. The van der Waals surface area contributed by atoms with Crippen molar-refractivity contribution in [1.82, 2.24) is 0 Å². The fraction of sp³-hybridized carbons (Fsp3) is 0.385. The normalized spacial score (nSPS) is 10.0. The Kier molecular flexibility index (Phi) is 13.1. The van der Waals surface area contributed by atoms with E-state index in [1.54, 1.807) is 7.11 Å². The van der Waals surface area contributed by atoms with Crippen LogP contribution in [0.1, 0.15) is 32.4 Å². The number of rotatable bonds is 2. The first-order valence-corrected chi connectivity index (χ1v) is 4.92. The van der Waals surface area contributed by atoms with Gasteiger partial charge in [-0.25, -0.2) is 0 Å². The minimum atomic E-state index is 0.209. The summed E-state index contributed by atoms with van der Waals surface area (Å²) in [6.45, 7) is 12.0. The first-order chi connectivity index (χ1) is 6.84. The van der Waals surface area contributed by atoms with E-state index in [0.29, 0.717) is 0 Å². The van der Waals surface area contributed by atoms with Crippen molar-refractivity contribution >= 4 is 0 Å². The van der Waals surface area contributed by atoms with Crippen LogP contribution in [-0.2, 0) is 4.74 Å². The molecule has 1 atom stereocenters. The molecule has 0 spiro atoms. The van der Waals surface area contributed by atoms with E-state index >= 15 is 0 Å². The Morgan fingerprint density at radius 3 is 1.86 bits per heavy atom. The molecule has 0 N–H and O–H groups in total. The largest absolute Gasteiger partial charge is 0.377 e. The minimum Gasteiger partial charge on any atom is -0.377 e. The lowest BCUT2D eigenvalue weighted by atomic mass is 10.1. The molecule has 0 aliphatic rings. The molecule has 1 unspecified atom stereocenters. The SMILES string of the molecule is C=C.CC.COC(C)c1ccccc1.